The van der Waals surface area contributed by atoms with Gasteiger partial charge in [0.1, 0.15) is 5.69 Å². The lowest BCUT2D eigenvalue weighted by atomic mass is 10.1. The molecule has 0 saturated heterocycles. The fourth-order valence-corrected chi connectivity index (χ4v) is 1.41. The van der Waals surface area contributed by atoms with E-state index in [1.165, 1.54) is 6.07 Å². The first-order chi connectivity index (χ1) is 8.01. The van der Waals surface area contributed by atoms with Crippen molar-refractivity contribution in [2.75, 3.05) is 6.61 Å². The van der Waals surface area contributed by atoms with Crippen LogP contribution in [0, 0.1) is 6.92 Å². The molecule has 2 N–H and O–H groups in total. The van der Waals surface area contributed by atoms with Crippen LogP contribution in [0.4, 0.5) is 8.78 Å². The van der Waals surface area contributed by atoms with E-state index >= 15 is 0 Å². The van der Waals surface area contributed by atoms with Crippen molar-refractivity contribution in [2.24, 2.45) is 5.73 Å². The third-order valence-corrected chi connectivity index (χ3v) is 2.27. The standard InChI is InChI=1S/C11H14F2N2O2/c1-3-17-11(16)8-4-7(5-14)6(2)15-9(8)10(12)13/h4,10H,3,5,14H2,1-2H3. The Morgan fingerprint density at radius 3 is 2.71 bits per heavy atom. The maximum Gasteiger partial charge on any atom is 0.340 e. The Hall–Kier alpha value is -1.56. The van der Waals surface area contributed by atoms with Gasteiger partial charge in [-0.3, -0.25) is 4.98 Å². The van der Waals surface area contributed by atoms with Crippen LogP contribution < -0.4 is 5.73 Å². The van der Waals surface area contributed by atoms with Gasteiger partial charge in [-0.2, -0.15) is 0 Å². The number of nitrogens with zero attached hydrogens (tertiary/aromatic N) is 1. The van der Waals surface area contributed by atoms with Crippen LogP contribution in [0.25, 0.3) is 0 Å². The van der Waals surface area contributed by atoms with E-state index in [-0.39, 0.29) is 18.7 Å². The molecule has 0 aliphatic heterocycles. The quantitative estimate of drug-likeness (QED) is 0.822. The Morgan fingerprint density at radius 1 is 1.59 bits per heavy atom. The highest BCUT2D eigenvalue weighted by molar-refractivity contribution is 5.91. The number of hydrogen-bond donors (Lipinski definition) is 1. The minimum absolute atomic E-state index is 0.118. The first kappa shape index (κ1) is 13.5. The highest BCUT2D eigenvalue weighted by Gasteiger charge is 2.22. The number of carbonyl (C=O) groups excluding carboxylic acids is 1. The minimum Gasteiger partial charge on any atom is -0.462 e. The smallest absolute Gasteiger partial charge is 0.340 e. The van der Waals surface area contributed by atoms with Gasteiger partial charge in [-0.05, 0) is 25.5 Å². The molecule has 1 aromatic heterocycles. The lowest BCUT2D eigenvalue weighted by molar-refractivity contribution is 0.0513. The van der Waals surface area contributed by atoms with Crippen molar-refractivity contribution >= 4 is 5.97 Å². The SMILES string of the molecule is CCOC(=O)c1cc(CN)c(C)nc1C(F)F. The number of rotatable bonds is 4. The first-order valence-electron chi connectivity index (χ1n) is 5.17. The molecule has 0 radical (unpaired) electrons. The van der Waals surface area contributed by atoms with E-state index in [0.29, 0.717) is 11.3 Å². The number of aryl methyl sites for hydroxylation is 1. The van der Waals surface area contributed by atoms with Gasteiger partial charge in [0.25, 0.3) is 6.43 Å². The minimum atomic E-state index is -2.82. The average Bonchev–Trinajstić information content (AvgIpc) is 2.28. The molecule has 0 unspecified atom stereocenters. The molecule has 1 heterocycles. The summed E-state index contributed by atoms with van der Waals surface area (Å²) in [5, 5.41) is 0. The normalized spacial score (nSPS) is 10.7. The van der Waals surface area contributed by atoms with E-state index in [1.54, 1.807) is 13.8 Å². The zero-order chi connectivity index (χ0) is 13.0. The fraction of sp³-hybridized carbons (Fsp3) is 0.455. The number of pyridine rings is 1. The molecule has 0 atom stereocenters. The highest BCUT2D eigenvalue weighted by atomic mass is 19.3. The van der Waals surface area contributed by atoms with Crippen LogP contribution in [0.1, 0.15) is 40.7 Å². The second-order valence-electron chi connectivity index (χ2n) is 3.39. The molecule has 0 amide bonds. The van der Waals surface area contributed by atoms with Crippen molar-refractivity contribution in [3.63, 3.8) is 0 Å². The summed E-state index contributed by atoms with van der Waals surface area (Å²) in [6, 6.07) is 1.32. The number of ether oxygens (including phenoxy) is 1. The highest BCUT2D eigenvalue weighted by Crippen LogP contribution is 2.23. The van der Waals surface area contributed by atoms with Gasteiger partial charge in [0.15, 0.2) is 0 Å². The van der Waals surface area contributed by atoms with Gasteiger partial charge in [0, 0.05) is 12.2 Å². The van der Waals surface area contributed by atoms with Crippen molar-refractivity contribution in [3.05, 3.63) is 28.6 Å². The molecule has 0 aromatic carbocycles. The number of nitrogens with two attached hydrogens (primary N) is 1. The molecule has 4 nitrogen and oxygen atoms in total. The van der Waals surface area contributed by atoms with Crippen molar-refractivity contribution in [1.29, 1.82) is 0 Å². The molecule has 1 aromatic rings. The van der Waals surface area contributed by atoms with Gasteiger partial charge in [0.2, 0.25) is 0 Å². The van der Waals surface area contributed by atoms with Gasteiger partial charge < -0.3 is 10.5 Å². The summed E-state index contributed by atoms with van der Waals surface area (Å²) in [5.41, 5.74) is 5.62. The topological polar surface area (TPSA) is 65.2 Å². The second-order valence-corrected chi connectivity index (χ2v) is 3.39. The molecule has 17 heavy (non-hydrogen) atoms. The summed E-state index contributed by atoms with van der Waals surface area (Å²) in [6.45, 7) is 3.43. The average molecular weight is 244 g/mol. The summed E-state index contributed by atoms with van der Waals surface area (Å²) in [5.74, 6) is -0.801. The van der Waals surface area contributed by atoms with E-state index in [1.807, 2.05) is 0 Å². The summed E-state index contributed by atoms with van der Waals surface area (Å²) in [4.78, 5) is 15.2. The lowest BCUT2D eigenvalue weighted by Gasteiger charge is -2.11. The van der Waals surface area contributed by atoms with Gasteiger partial charge in [-0.15, -0.1) is 0 Å². The second kappa shape index (κ2) is 5.67. The van der Waals surface area contributed by atoms with E-state index in [9.17, 15) is 13.6 Å². The predicted molar refractivity (Wildman–Crippen MR) is 57.8 cm³/mol. The van der Waals surface area contributed by atoms with Gasteiger partial charge >= 0.3 is 5.97 Å². The fourth-order valence-electron chi connectivity index (χ4n) is 1.41. The molecule has 0 spiro atoms. The molecule has 0 aliphatic rings. The van der Waals surface area contributed by atoms with Crippen LogP contribution in [-0.4, -0.2) is 17.6 Å². The largest absolute Gasteiger partial charge is 0.462 e. The third-order valence-electron chi connectivity index (χ3n) is 2.27. The van der Waals surface area contributed by atoms with Crippen LogP contribution in [-0.2, 0) is 11.3 Å². The number of halogens is 2. The predicted octanol–water partition coefficient (Wildman–Crippen LogP) is 1.96. The summed E-state index contributed by atoms with van der Waals surface area (Å²) in [6.07, 6.45) is -2.82. The Bertz CT molecular complexity index is 422. The van der Waals surface area contributed by atoms with Crippen LogP contribution in [0.2, 0.25) is 0 Å². The maximum absolute atomic E-state index is 12.7. The zero-order valence-electron chi connectivity index (χ0n) is 9.67. The molecular formula is C11H14F2N2O2. The summed E-state index contributed by atoms with van der Waals surface area (Å²) < 4.78 is 30.2. The Kier molecular flexibility index (Phi) is 4.51. The van der Waals surface area contributed by atoms with E-state index < -0.39 is 18.1 Å². The molecule has 94 valence electrons. The first-order valence-corrected chi connectivity index (χ1v) is 5.17. The molecule has 6 heteroatoms. The van der Waals surface area contributed by atoms with Gasteiger partial charge in [0.05, 0.1) is 12.2 Å². The van der Waals surface area contributed by atoms with Crippen LogP contribution in [0.5, 0.6) is 0 Å². The number of carbonyl (C=O) groups is 1. The lowest BCUT2D eigenvalue weighted by Crippen LogP contribution is -2.13. The molecule has 0 saturated carbocycles. The Balaban J connectivity index is 3.28. The number of aromatic nitrogens is 1. The number of alkyl halides is 2. The molecule has 0 bridgehead atoms. The Morgan fingerprint density at radius 2 is 2.24 bits per heavy atom. The van der Waals surface area contributed by atoms with Crippen molar-refractivity contribution in [1.82, 2.24) is 4.98 Å². The van der Waals surface area contributed by atoms with Crippen LogP contribution >= 0.6 is 0 Å². The monoisotopic (exact) mass is 244 g/mol. The molecular weight excluding hydrogens is 230 g/mol. The van der Waals surface area contributed by atoms with Crippen molar-refractivity contribution in [2.45, 2.75) is 26.8 Å². The molecule has 0 aliphatic carbocycles. The van der Waals surface area contributed by atoms with Crippen LogP contribution in [0.3, 0.4) is 0 Å². The summed E-state index contributed by atoms with van der Waals surface area (Å²) in [7, 11) is 0. The number of esters is 1. The van der Waals surface area contributed by atoms with Crippen LogP contribution in [0.15, 0.2) is 6.07 Å². The number of hydrogen-bond acceptors (Lipinski definition) is 4. The van der Waals surface area contributed by atoms with Gasteiger partial charge in [-0.1, -0.05) is 0 Å². The van der Waals surface area contributed by atoms with E-state index in [2.05, 4.69) is 4.98 Å². The Labute approximate surface area is 97.8 Å². The molecule has 1 rings (SSSR count). The van der Waals surface area contributed by atoms with Crippen molar-refractivity contribution in [3.8, 4) is 0 Å². The maximum atomic E-state index is 12.7. The van der Waals surface area contributed by atoms with E-state index in [4.69, 9.17) is 10.5 Å². The van der Waals surface area contributed by atoms with E-state index in [0.717, 1.165) is 0 Å². The summed E-state index contributed by atoms with van der Waals surface area (Å²) >= 11 is 0. The van der Waals surface area contributed by atoms with Crippen molar-refractivity contribution < 1.29 is 18.3 Å². The zero-order valence-corrected chi connectivity index (χ0v) is 9.67. The third kappa shape index (κ3) is 2.97. The molecule has 0 fully saturated rings. The van der Waals surface area contributed by atoms with Gasteiger partial charge in [-0.25, -0.2) is 13.6 Å².